The number of likely N-dealkylation sites (N-methyl/N-ethyl adjacent to an activating group) is 1. The summed E-state index contributed by atoms with van der Waals surface area (Å²) in [6, 6.07) is 0. The fourth-order valence-electron chi connectivity index (χ4n) is 1.97. The van der Waals surface area contributed by atoms with Gasteiger partial charge in [0.2, 0.25) is 5.91 Å². The predicted octanol–water partition coefficient (Wildman–Crippen LogP) is 0.122. The van der Waals surface area contributed by atoms with Crippen molar-refractivity contribution in [3.8, 4) is 0 Å². The zero-order valence-corrected chi connectivity index (χ0v) is 13.0. The number of nitrogens with zero attached hydrogens (tertiary/aromatic N) is 4. The first-order chi connectivity index (χ1) is 10.1. The van der Waals surface area contributed by atoms with Crippen LogP contribution in [0.1, 0.15) is 30.0 Å². The van der Waals surface area contributed by atoms with Crippen LogP contribution in [0.4, 0.5) is 0 Å². The minimum atomic E-state index is -0.567. The minimum Gasteiger partial charge on any atom is -0.464 e. The maximum atomic E-state index is 12.1. The van der Waals surface area contributed by atoms with Crippen molar-refractivity contribution >= 4 is 11.9 Å². The average molecular weight is 298 g/mol. The van der Waals surface area contributed by atoms with Crippen molar-refractivity contribution in [1.82, 2.24) is 19.9 Å². The number of carbonyl (C=O) groups is 2. The number of methoxy groups -OCH3 is 2. The van der Waals surface area contributed by atoms with Gasteiger partial charge in [-0.1, -0.05) is 5.21 Å². The van der Waals surface area contributed by atoms with Crippen LogP contribution in [-0.4, -0.2) is 65.7 Å². The van der Waals surface area contributed by atoms with Crippen LogP contribution in [0, 0.1) is 0 Å². The topological polar surface area (TPSA) is 86.6 Å². The third-order valence-electron chi connectivity index (χ3n) is 3.16. The van der Waals surface area contributed by atoms with Gasteiger partial charge in [0.15, 0.2) is 5.69 Å². The third-order valence-corrected chi connectivity index (χ3v) is 3.16. The van der Waals surface area contributed by atoms with Crippen LogP contribution in [0.25, 0.3) is 0 Å². The van der Waals surface area contributed by atoms with Crippen molar-refractivity contribution in [2.24, 2.45) is 0 Å². The Morgan fingerprint density at radius 3 is 2.43 bits per heavy atom. The second-order valence-electron chi connectivity index (χ2n) is 4.34. The Morgan fingerprint density at radius 1 is 1.24 bits per heavy atom. The SMILES string of the molecule is CCN(CC)C(=O)Cn1nnc(C(=O)OC)c1CCOC. The van der Waals surface area contributed by atoms with Crippen LogP contribution >= 0.6 is 0 Å². The normalized spacial score (nSPS) is 10.5. The number of amides is 1. The van der Waals surface area contributed by atoms with Crippen LogP contribution in [-0.2, 0) is 27.2 Å². The van der Waals surface area contributed by atoms with Crippen LogP contribution in [0.5, 0.6) is 0 Å². The minimum absolute atomic E-state index is 0.0464. The van der Waals surface area contributed by atoms with E-state index in [1.54, 1.807) is 12.0 Å². The van der Waals surface area contributed by atoms with E-state index in [0.717, 1.165) is 0 Å². The van der Waals surface area contributed by atoms with Gasteiger partial charge in [-0.05, 0) is 13.8 Å². The van der Waals surface area contributed by atoms with Gasteiger partial charge in [0.1, 0.15) is 6.54 Å². The predicted molar refractivity (Wildman–Crippen MR) is 74.9 cm³/mol. The van der Waals surface area contributed by atoms with Crippen LogP contribution in [0.15, 0.2) is 0 Å². The zero-order valence-electron chi connectivity index (χ0n) is 13.0. The van der Waals surface area contributed by atoms with E-state index >= 15 is 0 Å². The molecular weight excluding hydrogens is 276 g/mol. The third kappa shape index (κ3) is 4.25. The lowest BCUT2D eigenvalue weighted by Gasteiger charge is -2.18. The molecule has 0 saturated heterocycles. The van der Waals surface area contributed by atoms with Gasteiger partial charge in [0.05, 0.1) is 19.4 Å². The summed E-state index contributed by atoms with van der Waals surface area (Å²) in [4.78, 5) is 25.5. The molecule has 8 nitrogen and oxygen atoms in total. The van der Waals surface area contributed by atoms with Gasteiger partial charge < -0.3 is 14.4 Å². The summed E-state index contributed by atoms with van der Waals surface area (Å²) in [5, 5.41) is 7.71. The van der Waals surface area contributed by atoms with Crippen LogP contribution in [0.2, 0.25) is 0 Å². The lowest BCUT2D eigenvalue weighted by molar-refractivity contribution is -0.131. The Kier molecular flexibility index (Phi) is 6.80. The highest BCUT2D eigenvalue weighted by atomic mass is 16.5. The first-order valence-electron chi connectivity index (χ1n) is 6.86. The Hall–Kier alpha value is -1.96. The van der Waals surface area contributed by atoms with Gasteiger partial charge in [-0.3, -0.25) is 4.79 Å². The fourth-order valence-corrected chi connectivity index (χ4v) is 1.97. The molecule has 0 fully saturated rings. The highest BCUT2D eigenvalue weighted by Crippen LogP contribution is 2.09. The van der Waals surface area contributed by atoms with E-state index in [0.29, 0.717) is 31.8 Å². The van der Waals surface area contributed by atoms with E-state index in [-0.39, 0.29) is 18.1 Å². The van der Waals surface area contributed by atoms with Crippen molar-refractivity contribution in [3.05, 3.63) is 11.4 Å². The van der Waals surface area contributed by atoms with E-state index < -0.39 is 5.97 Å². The van der Waals surface area contributed by atoms with E-state index in [1.807, 2.05) is 13.8 Å². The van der Waals surface area contributed by atoms with Crippen molar-refractivity contribution in [3.63, 3.8) is 0 Å². The smallest absolute Gasteiger partial charge is 0.360 e. The Morgan fingerprint density at radius 2 is 1.90 bits per heavy atom. The van der Waals surface area contributed by atoms with Crippen molar-refractivity contribution < 1.29 is 19.1 Å². The van der Waals surface area contributed by atoms with Gasteiger partial charge >= 0.3 is 5.97 Å². The van der Waals surface area contributed by atoms with Gasteiger partial charge in [0.25, 0.3) is 0 Å². The molecule has 1 heterocycles. The molecule has 0 aromatic carbocycles. The molecule has 1 amide bonds. The molecule has 0 spiro atoms. The van der Waals surface area contributed by atoms with Crippen LogP contribution < -0.4 is 0 Å². The first-order valence-corrected chi connectivity index (χ1v) is 6.86. The highest BCUT2D eigenvalue weighted by molar-refractivity contribution is 5.88. The molecular formula is C13H22N4O4. The molecule has 0 aliphatic carbocycles. The van der Waals surface area contributed by atoms with E-state index in [2.05, 4.69) is 15.0 Å². The average Bonchev–Trinajstić information content (AvgIpc) is 2.88. The monoisotopic (exact) mass is 298 g/mol. The van der Waals surface area contributed by atoms with Gasteiger partial charge in [0, 0.05) is 26.6 Å². The molecule has 0 unspecified atom stereocenters. The van der Waals surface area contributed by atoms with Crippen molar-refractivity contribution in [2.45, 2.75) is 26.8 Å². The molecule has 21 heavy (non-hydrogen) atoms. The van der Waals surface area contributed by atoms with Crippen molar-refractivity contribution in [1.29, 1.82) is 0 Å². The number of hydrogen-bond donors (Lipinski definition) is 0. The largest absolute Gasteiger partial charge is 0.464 e. The van der Waals surface area contributed by atoms with E-state index in [9.17, 15) is 9.59 Å². The Labute approximate surface area is 124 Å². The molecule has 0 aliphatic rings. The summed E-state index contributed by atoms with van der Waals surface area (Å²) in [6.07, 6.45) is 0.430. The number of carbonyl (C=O) groups excluding carboxylic acids is 2. The molecule has 0 atom stereocenters. The molecule has 0 saturated carbocycles. The molecule has 0 N–H and O–H groups in total. The quantitative estimate of drug-likeness (QED) is 0.634. The fraction of sp³-hybridized carbons (Fsp3) is 0.692. The second-order valence-corrected chi connectivity index (χ2v) is 4.34. The molecule has 1 aromatic rings. The maximum absolute atomic E-state index is 12.1. The van der Waals surface area contributed by atoms with Gasteiger partial charge in [-0.2, -0.15) is 0 Å². The Bertz CT molecular complexity index is 483. The molecule has 1 rings (SSSR count). The maximum Gasteiger partial charge on any atom is 0.360 e. The number of ether oxygens (including phenoxy) is 2. The Balaban J connectivity index is 2.98. The summed E-state index contributed by atoms with van der Waals surface area (Å²) in [6.45, 7) is 5.52. The number of aromatic nitrogens is 3. The summed E-state index contributed by atoms with van der Waals surface area (Å²) >= 11 is 0. The summed E-state index contributed by atoms with van der Waals surface area (Å²) in [7, 11) is 2.84. The summed E-state index contributed by atoms with van der Waals surface area (Å²) < 4.78 is 11.1. The molecule has 0 bridgehead atoms. The lowest BCUT2D eigenvalue weighted by atomic mass is 10.2. The van der Waals surface area contributed by atoms with Gasteiger partial charge in [-0.15, -0.1) is 5.10 Å². The number of hydrogen-bond acceptors (Lipinski definition) is 6. The van der Waals surface area contributed by atoms with E-state index in [1.165, 1.54) is 11.8 Å². The second kappa shape index (κ2) is 8.35. The highest BCUT2D eigenvalue weighted by Gasteiger charge is 2.22. The molecule has 8 heteroatoms. The molecule has 118 valence electrons. The molecule has 0 aliphatic heterocycles. The standard InChI is InChI=1S/C13H22N4O4/c1-5-16(6-2)11(18)9-17-10(7-8-20-3)12(14-15-17)13(19)21-4/h5-9H2,1-4H3. The van der Waals surface area contributed by atoms with Gasteiger partial charge in [-0.25, -0.2) is 9.48 Å². The lowest BCUT2D eigenvalue weighted by Crippen LogP contribution is -2.34. The molecule has 1 aromatic heterocycles. The number of rotatable bonds is 8. The van der Waals surface area contributed by atoms with E-state index in [4.69, 9.17) is 4.74 Å². The van der Waals surface area contributed by atoms with Crippen molar-refractivity contribution in [2.75, 3.05) is 33.9 Å². The first kappa shape index (κ1) is 17.1. The summed E-state index contributed by atoms with van der Waals surface area (Å²) in [5.74, 6) is -0.636. The van der Waals surface area contributed by atoms with Crippen LogP contribution in [0.3, 0.4) is 0 Å². The zero-order chi connectivity index (χ0) is 15.8. The summed E-state index contributed by atoms with van der Waals surface area (Å²) in [5.41, 5.74) is 0.672. The molecule has 0 radical (unpaired) electrons. The number of esters is 1.